The molecule has 0 unspecified atom stereocenters. The third kappa shape index (κ3) is 6.29. The maximum absolute atomic E-state index is 5.10. The molecule has 0 saturated heterocycles. The van der Waals surface area contributed by atoms with Crippen LogP contribution in [0.3, 0.4) is 0 Å². The minimum absolute atomic E-state index is 0.671. The first-order valence-electron chi connectivity index (χ1n) is 20.9. The first-order chi connectivity index (χ1) is 30.3. The second-order valence-electron chi connectivity index (χ2n) is 15.7. The van der Waals surface area contributed by atoms with Crippen molar-refractivity contribution in [1.29, 1.82) is 0 Å². The Kier molecular flexibility index (Phi) is 9.09. The van der Waals surface area contributed by atoms with Crippen LogP contribution in [0.4, 0.5) is 0 Å². The highest BCUT2D eigenvalue weighted by atomic mass is 14.7. The Bertz CT molecular complexity index is 2960. The van der Waals surface area contributed by atoms with Crippen LogP contribution in [0.5, 0.6) is 0 Å². The van der Waals surface area contributed by atoms with E-state index in [4.69, 9.17) is 9.97 Å². The number of fused-ring (bicyclic) bond motifs is 3. The number of nitrogens with zero attached hydrogens (tertiary/aromatic N) is 2. The lowest BCUT2D eigenvalue weighted by Gasteiger charge is -2.35. The maximum atomic E-state index is 5.10. The molecule has 0 saturated carbocycles. The summed E-state index contributed by atoms with van der Waals surface area (Å²) in [6.07, 6.45) is 3.89. The lowest BCUT2D eigenvalue weighted by atomic mass is 9.66. The number of rotatable bonds is 8. The summed E-state index contributed by atoms with van der Waals surface area (Å²) in [6.45, 7) is 0. The summed E-state index contributed by atoms with van der Waals surface area (Å²) in [7, 11) is 0. The molecular formula is C59H40N2. The predicted octanol–water partition coefficient (Wildman–Crippen LogP) is 14.8. The zero-order valence-electron chi connectivity index (χ0n) is 33.5. The number of hydrogen-bond donors (Lipinski definition) is 0. The molecule has 11 rings (SSSR count). The third-order valence-electron chi connectivity index (χ3n) is 12.3. The van der Waals surface area contributed by atoms with Crippen molar-refractivity contribution in [2.45, 2.75) is 5.41 Å². The molecule has 61 heavy (non-hydrogen) atoms. The van der Waals surface area contributed by atoms with E-state index in [-0.39, 0.29) is 0 Å². The Hall–Kier alpha value is -7.94. The molecule has 2 heterocycles. The number of hydrogen-bond acceptors (Lipinski definition) is 2. The van der Waals surface area contributed by atoms with Gasteiger partial charge < -0.3 is 0 Å². The SMILES string of the molecule is c1ccc(-c2ccnc(-c3cc(C4(c5ccc(-c6ccccc6)c(-c6cc(-c7ccccc7)ccn6)c5)c5ccccc5-c5ccccc54)ccc3-c3ccccc3)c2)cc1. The van der Waals surface area contributed by atoms with Crippen LogP contribution in [0.2, 0.25) is 0 Å². The van der Waals surface area contributed by atoms with Crippen molar-refractivity contribution >= 4 is 0 Å². The van der Waals surface area contributed by atoms with Crippen LogP contribution in [0, 0.1) is 0 Å². The average Bonchev–Trinajstić information content (AvgIpc) is 3.66. The molecule has 0 N–H and O–H groups in total. The van der Waals surface area contributed by atoms with Gasteiger partial charge in [-0.25, -0.2) is 0 Å². The molecule has 8 aromatic carbocycles. The van der Waals surface area contributed by atoms with E-state index >= 15 is 0 Å². The molecule has 2 heteroatoms. The summed E-state index contributed by atoms with van der Waals surface area (Å²) in [5.74, 6) is 0. The molecule has 2 nitrogen and oxygen atoms in total. The van der Waals surface area contributed by atoms with Crippen molar-refractivity contribution in [3.63, 3.8) is 0 Å². The minimum Gasteiger partial charge on any atom is -0.256 e. The average molecular weight is 777 g/mol. The molecule has 2 aromatic heterocycles. The van der Waals surface area contributed by atoms with E-state index < -0.39 is 5.41 Å². The molecule has 0 fully saturated rings. The molecule has 0 spiro atoms. The maximum Gasteiger partial charge on any atom is 0.0714 e. The normalized spacial score (nSPS) is 12.4. The Balaban J connectivity index is 1.20. The van der Waals surface area contributed by atoms with Crippen molar-refractivity contribution in [3.8, 4) is 78.1 Å². The van der Waals surface area contributed by atoms with Gasteiger partial charge in [0.25, 0.3) is 0 Å². The van der Waals surface area contributed by atoms with Gasteiger partial charge in [0.1, 0.15) is 0 Å². The Labute approximate surface area is 357 Å². The van der Waals surface area contributed by atoms with Gasteiger partial charge in [-0.05, 0) is 114 Å². The van der Waals surface area contributed by atoms with Gasteiger partial charge in [-0.2, -0.15) is 0 Å². The van der Waals surface area contributed by atoms with E-state index in [2.05, 4.69) is 231 Å². The zero-order valence-corrected chi connectivity index (χ0v) is 33.5. The lowest BCUT2D eigenvalue weighted by molar-refractivity contribution is 0.769. The van der Waals surface area contributed by atoms with Crippen LogP contribution in [-0.2, 0) is 5.41 Å². The smallest absolute Gasteiger partial charge is 0.0714 e. The molecular weight excluding hydrogens is 737 g/mol. The van der Waals surface area contributed by atoms with Gasteiger partial charge in [0.15, 0.2) is 0 Å². The second kappa shape index (κ2) is 15.3. The fourth-order valence-corrected chi connectivity index (χ4v) is 9.52. The highest BCUT2D eigenvalue weighted by molar-refractivity contribution is 5.91. The van der Waals surface area contributed by atoms with Crippen LogP contribution in [0.1, 0.15) is 22.3 Å². The molecule has 1 aliphatic carbocycles. The Morgan fingerprint density at radius 2 is 0.607 bits per heavy atom. The van der Waals surface area contributed by atoms with E-state index in [9.17, 15) is 0 Å². The third-order valence-corrected chi connectivity index (χ3v) is 12.3. The van der Waals surface area contributed by atoms with Crippen LogP contribution in [-0.4, -0.2) is 9.97 Å². The fraction of sp³-hybridized carbons (Fsp3) is 0.0169. The molecule has 0 bridgehead atoms. The monoisotopic (exact) mass is 776 g/mol. The van der Waals surface area contributed by atoms with Gasteiger partial charge in [0, 0.05) is 23.5 Å². The van der Waals surface area contributed by atoms with Gasteiger partial charge >= 0.3 is 0 Å². The van der Waals surface area contributed by atoms with Crippen molar-refractivity contribution in [3.05, 3.63) is 265 Å². The molecule has 286 valence electrons. The van der Waals surface area contributed by atoms with Crippen molar-refractivity contribution in [2.75, 3.05) is 0 Å². The highest BCUT2D eigenvalue weighted by Gasteiger charge is 2.46. The lowest BCUT2D eigenvalue weighted by Crippen LogP contribution is -2.29. The van der Waals surface area contributed by atoms with E-state index in [1.165, 1.54) is 33.4 Å². The summed E-state index contributed by atoms with van der Waals surface area (Å²) >= 11 is 0. The van der Waals surface area contributed by atoms with Crippen molar-refractivity contribution < 1.29 is 0 Å². The molecule has 0 radical (unpaired) electrons. The molecule has 10 aromatic rings. The van der Waals surface area contributed by atoms with Crippen LogP contribution in [0.15, 0.2) is 243 Å². The summed E-state index contributed by atoms with van der Waals surface area (Å²) in [5, 5.41) is 0. The summed E-state index contributed by atoms with van der Waals surface area (Å²) in [6, 6.07) is 83.3. The number of benzene rings is 8. The molecule has 0 atom stereocenters. The van der Waals surface area contributed by atoms with Gasteiger partial charge in [-0.15, -0.1) is 0 Å². The quantitative estimate of drug-likeness (QED) is 0.154. The van der Waals surface area contributed by atoms with Gasteiger partial charge in [-0.3, -0.25) is 9.97 Å². The van der Waals surface area contributed by atoms with Crippen LogP contribution in [0.25, 0.3) is 78.1 Å². The van der Waals surface area contributed by atoms with E-state index in [0.717, 1.165) is 67.0 Å². The highest BCUT2D eigenvalue weighted by Crippen LogP contribution is 2.57. The van der Waals surface area contributed by atoms with Crippen molar-refractivity contribution in [1.82, 2.24) is 9.97 Å². The standard InChI is InChI=1S/C59H40N2/c1-5-17-41(18-6-1)45-33-35-60-57(37-45)53-39-47(29-31-49(53)43-21-9-3-10-22-43)59(55-27-15-13-25-51(55)52-26-14-16-28-56(52)59)48-30-32-50(44-23-11-4-12-24-44)54(40-48)58-38-46(34-36-61-58)42-19-7-2-8-20-42/h1-40H. The van der Waals surface area contributed by atoms with E-state index in [1.54, 1.807) is 0 Å². The zero-order chi connectivity index (χ0) is 40.6. The number of aromatic nitrogens is 2. The summed E-state index contributed by atoms with van der Waals surface area (Å²) in [5.41, 5.74) is 19.9. The molecule has 1 aliphatic rings. The first-order valence-corrected chi connectivity index (χ1v) is 20.9. The van der Waals surface area contributed by atoms with Crippen LogP contribution < -0.4 is 0 Å². The number of pyridine rings is 2. The Morgan fingerprint density at radius 3 is 1.02 bits per heavy atom. The van der Waals surface area contributed by atoms with Gasteiger partial charge in [-0.1, -0.05) is 194 Å². The molecule has 0 amide bonds. The molecule has 0 aliphatic heterocycles. The largest absolute Gasteiger partial charge is 0.256 e. The van der Waals surface area contributed by atoms with E-state index in [1.807, 2.05) is 12.4 Å². The predicted molar refractivity (Wildman–Crippen MR) is 252 cm³/mol. The van der Waals surface area contributed by atoms with Gasteiger partial charge in [0.05, 0.1) is 16.8 Å². The van der Waals surface area contributed by atoms with E-state index in [0.29, 0.717) is 0 Å². The second-order valence-corrected chi connectivity index (χ2v) is 15.7. The first kappa shape index (κ1) is 36.2. The topological polar surface area (TPSA) is 25.8 Å². The van der Waals surface area contributed by atoms with Gasteiger partial charge in [0.2, 0.25) is 0 Å². The Morgan fingerprint density at radius 1 is 0.246 bits per heavy atom. The van der Waals surface area contributed by atoms with Crippen molar-refractivity contribution in [2.24, 2.45) is 0 Å². The summed E-state index contributed by atoms with van der Waals surface area (Å²) in [4.78, 5) is 10.2. The van der Waals surface area contributed by atoms with Crippen LogP contribution >= 0.6 is 0 Å². The summed E-state index contributed by atoms with van der Waals surface area (Å²) < 4.78 is 0. The minimum atomic E-state index is -0.671. The fourth-order valence-electron chi connectivity index (χ4n) is 9.52.